The molecule has 1 N–H and O–H groups in total. The zero-order valence-electron chi connectivity index (χ0n) is 16.1. The number of fused-ring (bicyclic) bond motifs is 1. The van der Waals surface area contributed by atoms with Gasteiger partial charge in [-0.3, -0.25) is 9.20 Å². The SMILES string of the molecule is CC(=O)Oc1nc(N[C@@H]2CCC[C@H](c3nnc4ccccn34)C2)ncc1C(F)(F)F. The Bertz CT molecular complexity index is 1070. The van der Waals surface area contributed by atoms with Crippen LogP contribution in [0.5, 0.6) is 5.88 Å². The maximum absolute atomic E-state index is 13.1. The summed E-state index contributed by atoms with van der Waals surface area (Å²) < 4.78 is 46.0. The fourth-order valence-electron chi connectivity index (χ4n) is 3.72. The molecule has 0 bridgehead atoms. The van der Waals surface area contributed by atoms with Crippen molar-refractivity contribution in [1.29, 1.82) is 0 Å². The Balaban J connectivity index is 1.53. The van der Waals surface area contributed by atoms with Gasteiger partial charge in [0.15, 0.2) is 5.65 Å². The smallest absolute Gasteiger partial charge is 0.407 e. The summed E-state index contributed by atoms with van der Waals surface area (Å²) in [6, 6.07) is 5.61. The van der Waals surface area contributed by atoms with E-state index in [-0.39, 0.29) is 17.9 Å². The normalized spacial score (nSPS) is 19.6. The minimum Gasteiger partial charge on any atom is -0.407 e. The first kappa shape index (κ1) is 20.0. The summed E-state index contributed by atoms with van der Waals surface area (Å²) in [5.74, 6) is -0.719. The van der Waals surface area contributed by atoms with Gasteiger partial charge in [0.05, 0.1) is 0 Å². The molecule has 0 radical (unpaired) electrons. The van der Waals surface area contributed by atoms with Crippen LogP contribution in [0.4, 0.5) is 19.1 Å². The Hall–Kier alpha value is -3.24. The number of rotatable bonds is 4. The third kappa shape index (κ3) is 4.19. The van der Waals surface area contributed by atoms with Gasteiger partial charge in [0, 0.05) is 31.3 Å². The molecule has 1 saturated carbocycles. The van der Waals surface area contributed by atoms with Crippen LogP contribution in [-0.2, 0) is 11.0 Å². The topological polar surface area (TPSA) is 94.3 Å². The molecule has 0 unspecified atom stereocenters. The van der Waals surface area contributed by atoms with Crippen molar-refractivity contribution in [3.8, 4) is 5.88 Å². The first-order valence-corrected chi connectivity index (χ1v) is 9.50. The molecule has 3 heterocycles. The van der Waals surface area contributed by atoms with Crippen LogP contribution < -0.4 is 10.1 Å². The lowest BCUT2D eigenvalue weighted by Gasteiger charge is -2.29. The van der Waals surface area contributed by atoms with Crippen molar-refractivity contribution in [2.24, 2.45) is 0 Å². The van der Waals surface area contributed by atoms with Crippen LogP contribution in [0.15, 0.2) is 30.6 Å². The highest BCUT2D eigenvalue weighted by Gasteiger charge is 2.37. The molecule has 0 spiro atoms. The molecule has 8 nitrogen and oxygen atoms in total. The van der Waals surface area contributed by atoms with E-state index in [2.05, 4.69) is 30.2 Å². The Labute approximate surface area is 169 Å². The summed E-state index contributed by atoms with van der Waals surface area (Å²) in [7, 11) is 0. The fraction of sp³-hybridized carbons (Fsp3) is 0.421. The number of aromatic nitrogens is 5. The predicted molar refractivity (Wildman–Crippen MR) is 99.9 cm³/mol. The maximum atomic E-state index is 13.1. The molecule has 3 aromatic rings. The zero-order chi connectivity index (χ0) is 21.3. The Morgan fingerprint density at radius 1 is 1.27 bits per heavy atom. The van der Waals surface area contributed by atoms with E-state index in [1.165, 1.54) is 0 Å². The Kier molecular flexibility index (Phi) is 5.27. The van der Waals surface area contributed by atoms with Crippen LogP contribution in [0.25, 0.3) is 5.65 Å². The molecular formula is C19H19F3N6O2. The molecule has 1 aliphatic rings. The number of carbonyl (C=O) groups is 1. The molecule has 2 atom stereocenters. The van der Waals surface area contributed by atoms with Gasteiger partial charge in [-0.15, -0.1) is 10.2 Å². The average molecular weight is 420 g/mol. The van der Waals surface area contributed by atoms with E-state index in [0.29, 0.717) is 12.6 Å². The Morgan fingerprint density at radius 3 is 2.87 bits per heavy atom. The van der Waals surface area contributed by atoms with Crippen LogP contribution in [0.1, 0.15) is 49.9 Å². The van der Waals surface area contributed by atoms with Crippen molar-refractivity contribution in [3.63, 3.8) is 0 Å². The molecule has 3 aromatic heterocycles. The summed E-state index contributed by atoms with van der Waals surface area (Å²) in [4.78, 5) is 18.8. The maximum Gasteiger partial charge on any atom is 0.423 e. The Morgan fingerprint density at radius 2 is 2.10 bits per heavy atom. The minimum absolute atomic E-state index is 0.0176. The number of pyridine rings is 1. The lowest BCUT2D eigenvalue weighted by molar-refractivity contribution is -0.142. The monoisotopic (exact) mass is 420 g/mol. The van der Waals surface area contributed by atoms with Gasteiger partial charge >= 0.3 is 12.1 Å². The number of hydrogen-bond acceptors (Lipinski definition) is 7. The van der Waals surface area contributed by atoms with Gasteiger partial charge in [-0.05, 0) is 31.4 Å². The summed E-state index contributed by atoms with van der Waals surface area (Å²) in [6.07, 6.45) is 1.14. The van der Waals surface area contributed by atoms with E-state index in [1.54, 1.807) is 0 Å². The zero-order valence-corrected chi connectivity index (χ0v) is 16.1. The van der Waals surface area contributed by atoms with Crippen molar-refractivity contribution in [1.82, 2.24) is 24.6 Å². The number of nitrogens with one attached hydrogen (secondary N) is 1. The van der Waals surface area contributed by atoms with Gasteiger partial charge in [0.2, 0.25) is 11.8 Å². The molecule has 0 aromatic carbocycles. The number of alkyl halides is 3. The molecule has 1 aliphatic carbocycles. The lowest BCUT2D eigenvalue weighted by Crippen LogP contribution is -2.28. The molecule has 0 aliphatic heterocycles. The highest BCUT2D eigenvalue weighted by molar-refractivity contribution is 5.69. The van der Waals surface area contributed by atoms with Crippen molar-refractivity contribution in [2.45, 2.75) is 50.7 Å². The van der Waals surface area contributed by atoms with Crippen LogP contribution in [0, 0.1) is 0 Å². The quantitative estimate of drug-likeness (QED) is 0.645. The molecule has 1 fully saturated rings. The van der Waals surface area contributed by atoms with E-state index in [1.807, 2.05) is 28.8 Å². The molecular weight excluding hydrogens is 401 g/mol. The van der Waals surface area contributed by atoms with Gasteiger partial charge < -0.3 is 10.1 Å². The van der Waals surface area contributed by atoms with Gasteiger partial charge in [0.1, 0.15) is 11.4 Å². The van der Waals surface area contributed by atoms with Crippen molar-refractivity contribution in [3.05, 3.63) is 42.0 Å². The van der Waals surface area contributed by atoms with Gasteiger partial charge in [-0.25, -0.2) is 4.98 Å². The fourth-order valence-corrected chi connectivity index (χ4v) is 3.72. The van der Waals surface area contributed by atoms with Crippen LogP contribution >= 0.6 is 0 Å². The van der Waals surface area contributed by atoms with Crippen LogP contribution in [0.2, 0.25) is 0 Å². The molecule has 4 rings (SSSR count). The summed E-state index contributed by atoms with van der Waals surface area (Å²) in [6.45, 7) is 1.02. The largest absolute Gasteiger partial charge is 0.423 e. The first-order valence-electron chi connectivity index (χ1n) is 9.50. The van der Waals surface area contributed by atoms with Gasteiger partial charge in [0.25, 0.3) is 0 Å². The first-order chi connectivity index (χ1) is 14.3. The van der Waals surface area contributed by atoms with E-state index in [0.717, 1.165) is 37.7 Å². The van der Waals surface area contributed by atoms with Gasteiger partial charge in [-0.2, -0.15) is 18.2 Å². The van der Waals surface area contributed by atoms with E-state index in [4.69, 9.17) is 0 Å². The average Bonchev–Trinajstić information content (AvgIpc) is 3.11. The second-order valence-electron chi connectivity index (χ2n) is 7.20. The summed E-state index contributed by atoms with van der Waals surface area (Å²) in [5.41, 5.74) is -0.431. The number of nitrogens with zero attached hydrogens (tertiary/aromatic N) is 5. The molecule has 0 amide bonds. The number of halogens is 3. The highest BCUT2D eigenvalue weighted by atomic mass is 19.4. The molecule has 158 valence electrons. The number of ether oxygens (including phenoxy) is 1. The molecule has 0 saturated heterocycles. The summed E-state index contributed by atoms with van der Waals surface area (Å²) >= 11 is 0. The minimum atomic E-state index is -4.73. The predicted octanol–water partition coefficient (Wildman–Crippen LogP) is 3.60. The number of carbonyl (C=O) groups excluding carboxylic acids is 1. The molecule has 11 heteroatoms. The van der Waals surface area contributed by atoms with Crippen LogP contribution in [0.3, 0.4) is 0 Å². The van der Waals surface area contributed by atoms with Crippen molar-refractivity contribution >= 4 is 17.6 Å². The number of anilines is 1. The third-order valence-corrected chi connectivity index (χ3v) is 5.01. The van der Waals surface area contributed by atoms with Gasteiger partial charge in [-0.1, -0.05) is 12.5 Å². The third-order valence-electron chi connectivity index (χ3n) is 5.01. The lowest BCUT2D eigenvalue weighted by atomic mass is 9.85. The summed E-state index contributed by atoms with van der Waals surface area (Å²) in [5, 5.41) is 11.6. The standard InChI is InChI=1S/C19H19F3N6O2/c1-11(29)30-17-14(19(20,21)22)10-23-18(25-17)24-13-6-4-5-12(9-13)16-27-26-15-7-2-3-8-28(15)16/h2-3,7-8,10,12-13H,4-6,9H2,1H3,(H,23,24,25)/t12-,13+/m0/s1. The van der Waals surface area contributed by atoms with Crippen molar-refractivity contribution < 1.29 is 22.7 Å². The molecule has 30 heavy (non-hydrogen) atoms. The van der Waals surface area contributed by atoms with E-state index in [9.17, 15) is 18.0 Å². The second-order valence-corrected chi connectivity index (χ2v) is 7.20. The number of hydrogen-bond donors (Lipinski definition) is 1. The second kappa shape index (κ2) is 7.88. The number of esters is 1. The van der Waals surface area contributed by atoms with E-state index >= 15 is 0 Å². The van der Waals surface area contributed by atoms with E-state index < -0.39 is 23.6 Å². The highest BCUT2D eigenvalue weighted by Crippen LogP contribution is 2.36. The van der Waals surface area contributed by atoms with Crippen molar-refractivity contribution in [2.75, 3.05) is 5.32 Å². The van der Waals surface area contributed by atoms with Crippen LogP contribution in [-0.4, -0.2) is 36.6 Å².